The van der Waals surface area contributed by atoms with Crippen LogP contribution < -0.4 is 20.3 Å². The van der Waals surface area contributed by atoms with E-state index in [1.165, 1.54) is 18.5 Å². The Bertz CT molecular complexity index is 1370. The van der Waals surface area contributed by atoms with Gasteiger partial charge >= 0.3 is 12.0 Å². The van der Waals surface area contributed by atoms with E-state index in [0.717, 1.165) is 38.4 Å². The largest absolute Gasteiger partial charge is 0.424 e. The number of benzene rings is 1. The highest BCUT2D eigenvalue weighted by atomic mass is 16.5. The van der Waals surface area contributed by atoms with Crippen molar-refractivity contribution in [3.8, 4) is 11.8 Å². The molecule has 11 heteroatoms. The number of aromatic nitrogens is 4. The lowest BCUT2D eigenvalue weighted by molar-refractivity contribution is -0.115. The molecule has 3 fully saturated rings. The molecule has 4 heterocycles. The van der Waals surface area contributed by atoms with Gasteiger partial charge in [0.25, 0.3) is 5.91 Å². The minimum absolute atomic E-state index is 0.148. The third-order valence-corrected chi connectivity index (χ3v) is 7.09. The predicted octanol–water partition coefficient (Wildman–Crippen LogP) is 2.58. The molecule has 0 spiro atoms. The van der Waals surface area contributed by atoms with Gasteiger partial charge in [0, 0.05) is 49.9 Å². The van der Waals surface area contributed by atoms with E-state index >= 15 is 0 Å². The Morgan fingerprint density at radius 2 is 1.81 bits per heavy atom. The number of hydrogen-bond donors (Lipinski definition) is 2. The van der Waals surface area contributed by atoms with Gasteiger partial charge in [0.15, 0.2) is 5.65 Å². The monoisotopic (exact) mass is 502 g/mol. The van der Waals surface area contributed by atoms with Crippen molar-refractivity contribution in [1.82, 2.24) is 35.1 Å². The van der Waals surface area contributed by atoms with Gasteiger partial charge in [-0.15, -0.1) is 0 Å². The highest BCUT2D eigenvalue weighted by Gasteiger charge is 2.27. The third-order valence-electron chi connectivity index (χ3n) is 7.09. The number of fused-ring (bicyclic) bond motifs is 1. The quantitative estimate of drug-likeness (QED) is 0.374. The Morgan fingerprint density at radius 3 is 2.46 bits per heavy atom. The number of urea groups is 1. The second-order valence-corrected chi connectivity index (χ2v) is 10.1. The molecule has 2 aliphatic heterocycles. The number of hydrogen-bond acceptors (Lipinski definition) is 8. The lowest BCUT2D eigenvalue weighted by atomic mass is 10.2. The summed E-state index contributed by atoms with van der Waals surface area (Å²) in [6.45, 7) is 8.60. The molecule has 2 saturated heterocycles. The summed E-state index contributed by atoms with van der Waals surface area (Å²) in [6, 6.07) is 8.26. The van der Waals surface area contributed by atoms with E-state index in [2.05, 4.69) is 61.5 Å². The van der Waals surface area contributed by atoms with Crippen LogP contribution in [0.3, 0.4) is 0 Å². The van der Waals surface area contributed by atoms with Crippen molar-refractivity contribution in [2.24, 2.45) is 5.92 Å². The first-order valence-corrected chi connectivity index (χ1v) is 12.8. The van der Waals surface area contributed by atoms with Gasteiger partial charge in [-0.3, -0.25) is 15.0 Å². The van der Waals surface area contributed by atoms with E-state index < -0.39 is 11.9 Å². The molecule has 0 atom stereocenters. The number of carbonyl (C=O) groups excluding carboxylic acids is 2. The number of nitrogens with zero attached hydrogens (tertiary/aromatic N) is 6. The molecule has 1 aromatic carbocycles. The Morgan fingerprint density at radius 1 is 1.05 bits per heavy atom. The Hall–Kier alpha value is -3.99. The summed E-state index contributed by atoms with van der Waals surface area (Å²) in [7, 11) is 0. The molecule has 0 radical (unpaired) electrons. The Balaban J connectivity index is 1.24. The van der Waals surface area contributed by atoms with Gasteiger partial charge < -0.3 is 15.0 Å². The van der Waals surface area contributed by atoms with Crippen LogP contribution in [-0.2, 0) is 11.2 Å². The highest BCUT2D eigenvalue weighted by Crippen LogP contribution is 2.33. The molecule has 11 nitrogen and oxygen atoms in total. The zero-order valence-corrected chi connectivity index (χ0v) is 21.0. The summed E-state index contributed by atoms with van der Waals surface area (Å²) < 4.78 is 7.78. The summed E-state index contributed by atoms with van der Waals surface area (Å²) in [5.41, 5.74) is 2.42. The zero-order valence-electron chi connectivity index (χ0n) is 21.0. The molecule has 0 bridgehead atoms. The molecule has 37 heavy (non-hydrogen) atoms. The molecule has 192 valence electrons. The summed E-state index contributed by atoms with van der Waals surface area (Å²) in [5, 5.41) is 9.16. The topological polar surface area (TPSA) is 117 Å². The van der Waals surface area contributed by atoms with Crippen LogP contribution in [0.5, 0.6) is 11.8 Å². The van der Waals surface area contributed by atoms with Crippen molar-refractivity contribution in [1.29, 1.82) is 0 Å². The molecular weight excluding hydrogens is 472 g/mol. The van der Waals surface area contributed by atoms with Gasteiger partial charge in [-0.2, -0.15) is 15.1 Å². The predicted molar refractivity (Wildman–Crippen MR) is 137 cm³/mol. The molecule has 3 aliphatic rings. The smallest absolute Gasteiger partial charge is 0.326 e. The van der Waals surface area contributed by atoms with Gasteiger partial charge in [0.2, 0.25) is 0 Å². The minimum Gasteiger partial charge on any atom is -0.424 e. The molecule has 0 unspecified atom stereocenters. The van der Waals surface area contributed by atoms with Crippen molar-refractivity contribution in [3.05, 3.63) is 47.5 Å². The number of piperazine rings is 1. The molecule has 1 saturated carbocycles. The van der Waals surface area contributed by atoms with Crippen LogP contribution in [-0.4, -0.2) is 68.6 Å². The van der Waals surface area contributed by atoms with Crippen LogP contribution in [0.4, 0.5) is 10.5 Å². The van der Waals surface area contributed by atoms with Gasteiger partial charge in [-0.1, -0.05) is 0 Å². The maximum Gasteiger partial charge on any atom is 0.326 e. The van der Waals surface area contributed by atoms with Crippen LogP contribution in [0, 0.1) is 5.92 Å². The van der Waals surface area contributed by atoms with E-state index in [1.807, 2.05) is 12.1 Å². The molecule has 6 rings (SSSR count). The molecule has 3 amide bonds. The number of imide groups is 1. The first kappa shape index (κ1) is 23.4. The molecule has 3 aromatic rings. The third kappa shape index (κ3) is 4.99. The maximum absolute atomic E-state index is 12.0. The first-order valence-electron chi connectivity index (χ1n) is 12.8. The summed E-state index contributed by atoms with van der Waals surface area (Å²) in [6.07, 6.45) is 6.28. The standard InChI is InChI=1S/C26H30N8O3/c1-16(2)32-9-11-33(12-10-32)19-5-7-20(8-6-19)37-26-29-22(13-17-3-4-17)34-23(30-26)18(15-27-34)14-21-24(35)31-25(36)28-21/h5-8,14-17H,3-4,9-13H2,1-2H3,(H2,28,31,35,36)/b21-14-. The maximum atomic E-state index is 12.0. The molecule has 2 N–H and O–H groups in total. The Kier molecular flexibility index (Phi) is 5.99. The highest BCUT2D eigenvalue weighted by molar-refractivity contribution is 6.14. The summed E-state index contributed by atoms with van der Waals surface area (Å²) >= 11 is 0. The average Bonchev–Trinajstić information content (AvgIpc) is 3.53. The van der Waals surface area contributed by atoms with Crippen LogP contribution >= 0.6 is 0 Å². The van der Waals surface area contributed by atoms with E-state index in [9.17, 15) is 9.59 Å². The van der Waals surface area contributed by atoms with Crippen LogP contribution in [0.2, 0.25) is 0 Å². The van der Waals surface area contributed by atoms with Crippen molar-refractivity contribution >= 4 is 29.3 Å². The van der Waals surface area contributed by atoms with Crippen molar-refractivity contribution in [3.63, 3.8) is 0 Å². The van der Waals surface area contributed by atoms with Crippen LogP contribution in [0.25, 0.3) is 11.7 Å². The summed E-state index contributed by atoms with van der Waals surface area (Å²) in [5.74, 6) is 1.49. The number of anilines is 1. The van der Waals surface area contributed by atoms with Crippen LogP contribution in [0.15, 0.2) is 36.2 Å². The molecular formula is C26H30N8O3. The first-order chi connectivity index (χ1) is 17.9. The van der Waals surface area contributed by atoms with Crippen molar-refractivity contribution in [2.75, 3.05) is 31.1 Å². The van der Waals surface area contributed by atoms with Gasteiger partial charge in [-0.05, 0) is 62.9 Å². The molecule has 2 aromatic heterocycles. The minimum atomic E-state index is -0.550. The van der Waals surface area contributed by atoms with Gasteiger partial charge in [0.05, 0.1) is 6.20 Å². The Labute approximate surface area is 214 Å². The summed E-state index contributed by atoms with van der Waals surface area (Å²) in [4.78, 5) is 37.7. The number of carbonyl (C=O) groups is 2. The fourth-order valence-electron chi connectivity index (χ4n) is 4.75. The fraction of sp³-hybridized carbons (Fsp3) is 0.423. The van der Waals surface area contributed by atoms with E-state index in [0.29, 0.717) is 28.9 Å². The lowest BCUT2D eigenvalue weighted by Gasteiger charge is -2.38. The average molecular weight is 503 g/mol. The van der Waals surface area contributed by atoms with E-state index in [4.69, 9.17) is 4.74 Å². The normalized spacial score (nSPS) is 19.6. The zero-order chi connectivity index (χ0) is 25.5. The number of ether oxygens (including phenoxy) is 1. The van der Waals surface area contributed by atoms with Crippen molar-refractivity contribution < 1.29 is 14.3 Å². The van der Waals surface area contributed by atoms with Gasteiger partial charge in [-0.25, -0.2) is 9.31 Å². The number of rotatable bonds is 7. The SMILES string of the molecule is CC(C)N1CCN(c2ccc(Oc3nc(CC4CC4)n4ncc(/C=C5\NC(=O)NC5=O)c4n3)cc2)CC1. The number of amides is 3. The van der Waals surface area contributed by atoms with Crippen molar-refractivity contribution in [2.45, 2.75) is 39.2 Å². The van der Waals surface area contributed by atoms with Crippen LogP contribution in [0.1, 0.15) is 38.1 Å². The van der Waals surface area contributed by atoms with Gasteiger partial charge in [0.1, 0.15) is 17.3 Å². The number of nitrogens with one attached hydrogen (secondary N) is 2. The second-order valence-electron chi connectivity index (χ2n) is 10.1. The molecule has 1 aliphatic carbocycles. The lowest BCUT2D eigenvalue weighted by Crippen LogP contribution is -2.48. The van der Waals surface area contributed by atoms with E-state index in [1.54, 1.807) is 16.8 Å². The second kappa shape index (κ2) is 9.47. The fourth-order valence-corrected chi connectivity index (χ4v) is 4.75. The van der Waals surface area contributed by atoms with E-state index in [-0.39, 0.29) is 11.7 Å².